The highest BCUT2D eigenvalue weighted by Crippen LogP contribution is 2.76. The van der Waals surface area contributed by atoms with Gasteiger partial charge in [-0.2, -0.15) is 0 Å². The molecule has 17 aliphatic rings. The van der Waals surface area contributed by atoms with Crippen LogP contribution in [0.5, 0.6) is 0 Å². The normalized spacial score (nSPS) is 54.5. The molecule has 57 atom stereocenters. The number of aliphatic hydroxyl groups excluding tert-OH is 30. The number of hydrogen-bond acceptors (Lipinski definition) is 51. The second-order valence-electron chi connectivity index (χ2n) is 44.3. The molecule has 0 amide bonds. The van der Waals surface area contributed by atoms with E-state index in [0.29, 0.717) is 120 Å². The largest absolute Gasteiger partial charge is 0.432 e. The number of ether oxygens (including phenoxy) is 18. The first-order valence-corrected chi connectivity index (χ1v) is 50.1. The maximum absolute atomic E-state index is 14.9. The molecule has 8 saturated carbocycles. The molecule has 830 valence electrons. The van der Waals surface area contributed by atoms with Gasteiger partial charge in [0.2, 0.25) is 12.6 Å². The summed E-state index contributed by atoms with van der Waals surface area (Å²) in [7, 11) is 0. The highest BCUT2D eigenvalue weighted by atomic mass is 16.8. The van der Waals surface area contributed by atoms with Crippen molar-refractivity contribution in [2.75, 3.05) is 52.9 Å². The molecule has 2 spiro atoms. The smallest absolute Gasteiger partial charge is 0.314 e. The number of esters is 2. The summed E-state index contributed by atoms with van der Waals surface area (Å²) in [6.07, 6.45) is -69.6. The minimum Gasteiger partial charge on any atom is -0.432 e. The molecule has 8 aliphatic carbocycles. The number of aliphatic hydroxyl groups is 30. The average Bonchev–Trinajstić information content (AvgIpc) is 1.55. The molecule has 9 heterocycles. The number of rotatable bonds is 27. The molecular formula is C94H148O51. The summed E-state index contributed by atoms with van der Waals surface area (Å²) >= 11 is 0. The zero-order valence-electron chi connectivity index (χ0n) is 80.7. The third-order valence-corrected chi connectivity index (χ3v) is 36.2. The van der Waals surface area contributed by atoms with Crippen LogP contribution in [0.3, 0.4) is 0 Å². The van der Waals surface area contributed by atoms with Crippen molar-refractivity contribution < 1.29 is 253 Å². The molecule has 0 aromatic heterocycles. The summed E-state index contributed by atoms with van der Waals surface area (Å²) in [5, 5.41) is 318. The van der Waals surface area contributed by atoms with Gasteiger partial charge < -0.3 is 243 Å². The Morgan fingerprint density at radius 2 is 0.552 bits per heavy atom. The van der Waals surface area contributed by atoms with Gasteiger partial charge in [0.1, 0.15) is 214 Å². The minimum atomic E-state index is -1.99. The maximum Gasteiger partial charge on any atom is 0.314 e. The SMILES string of the molecule is C=C1CC23CCC4C(C)(C(=O)OC5OC(C=O)C(O)C(O)C5OC5OC(CO)C(O)C(O)C5O)CCCC4(C)C2CCC1(OC1OC(CO)C(O)C(OC2OC(CO)C(O)C(O)C2O)C1OC1OC(CO)C(O)C(O)C1O)C3.C=C1CC23CCC4C(C)(C(=O)OC5OC(CO)C(O)C(O)C5O)CCCC4(C)C2CCC1(OC1OC(CO)C(O)C(OC2OC(CO)C(O)C(O)C2O)C1OC1OC(CO)C(O)C(O)C1O)C3. The average molecular weight is 2090 g/mol. The topological polar surface area (TPSA) is 824 Å². The molecule has 145 heavy (non-hydrogen) atoms. The van der Waals surface area contributed by atoms with Crippen molar-refractivity contribution >= 4 is 18.2 Å². The lowest BCUT2D eigenvalue weighted by atomic mass is 9.41. The molecule has 9 saturated heterocycles. The molecule has 30 N–H and O–H groups in total. The van der Waals surface area contributed by atoms with Crippen molar-refractivity contribution in [2.45, 2.75) is 431 Å². The lowest BCUT2D eigenvalue weighted by Gasteiger charge is -2.64. The van der Waals surface area contributed by atoms with Gasteiger partial charge in [0.25, 0.3) is 0 Å². The van der Waals surface area contributed by atoms with E-state index in [1.54, 1.807) is 6.92 Å². The first-order chi connectivity index (χ1) is 68.5. The van der Waals surface area contributed by atoms with Crippen LogP contribution >= 0.6 is 0 Å². The van der Waals surface area contributed by atoms with E-state index in [0.717, 1.165) is 6.42 Å². The van der Waals surface area contributed by atoms with Crippen molar-refractivity contribution in [1.29, 1.82) is 0 Å². The van der Waals surface area contributed by atoms with Gasteiger partial charge in [-0.15, -0.1) is 0 Å². The van der Waals surface area contributed by atoms with E-state index >= 15 is 0 Å². The number of carbonyl (C=O) groups excluding carboxylic acids is 3. The van der Waals surface area contributed by atoms with E-state index in [9.17, 15) is 168 Å². The fourth-order valence-electron chi connectivity index (χ4n) is 28.4. The second-order valence-corrected chi connectivity index (χ2v) is 44.3. The minimum absolute atomic E-state index is 0.0251. The maximum atomic E-state index is 14.9. The van der Waals surface area contributed by atoms with E-state index in [1.807, 2.05) is 6.92 Å². The Balaban J connectivity index is 0.000000210. The van der Waals surface area contributed by atoms with E-state index in [4.69, 9.17) is 85.3 Å². The van der Waals surface area contributed by atoms with Crippen LogP contribution in [0.2, 0.25) is 0 Å². The van der Waals surface area contributed by atoms with Crippen LogP contribution in [0, 0.1) is 56.2 Å². The molecule has 0 radical (unpaired) electrons. The van der Waals surface area contributed by atoms with E-state index in [-0.39, 0.29) is 30.0 Å². The Morgan fingerprint density at radius 1 is 0.290 bits per heavy atom. The number of carbonyl (C=O) groups is 3. The molecule has 0 aromatic rings. The van der Waals surface area contributed by atoms with Gasteiger partial charge in [0.15, 0.2) is 56.4 Å². The van der Waals surface area contributed by atoms with E-state index in [2.05, 4.69) is 27.0 Å². The van der Waals surface area contributed by atoms with Crippen molar-refractivity contribution in [3.8, 4) is 0 Å². The lowest BCUT2D eigenvalue weighted by molar-refractivity contribution is -0.400. The molecule has 4 bridgehead atoms. The number of aldehydes is 1. The Labute approximate surface area is 832 Å². The summed E-state index contributed by atoms with van der Waals surface area (Å²) in [5.74, 6) is -2.01. The molecule has 51 nitrogen and oxygen atoms in total. The van der Waals surface area contributed by atoms with Crippen LogP contribution in [0.15, 0.2) is 24.3 Å². The van der Waals surface area contributed by atoms with Crippen LogP contribution in [0.1, 0.15) is 143 Å². The van der Waals surface area contributed by atoms with Crippen LogP contribution in [-0.4, -0.2) is 512 Å². The summed E-state index contributed by atoms with van der Waals surface area (Å²) in [4.78, 5) is 41.2. The Morgan fingerprint density at radius 3 is 0.855 bits per heavy atom. The van der Waals surface area contributed by atoms with Gasteiger partial charge in [0.05, 0.1) is 74.9 Å². The van der Waals surface area contributed by atoms with Gasteiger partial charge >= 0.3 is 11.9 Å². The summed E-state index contributed by atoms with van der Waals surface area (Å²) in [6.45, 7) is 10.5. The third-order valence-electron chi connectivity index (χ3n) is 36.2. The lowest BCUT2D eigenvalue weighted by Crippen LogP contribution is -2.68. The first kappa shape index (κ1) is 114. The van der Waals surface area contributed by atoms with Crippen molar-refractivity contribution in [2.24, 2.45) is 56.2 Å². The molecule has 51 heteroatoms. The zero-order valence-corrected chi connectivity index (χ0v) is 80.7. The van der Waals surface area contributed by atoms with Crippen molar-refractivity contribution in [3.05, 3.63) is 24.3 Å². The summed E-state index contributed by atoms with van der Waals surface area (Å²) in [6, 6.07) is 0. The van der Waals surface area contributed by atoms with Gasteiger partial charge in [-0.05, 0) is 173 Å². The van der Waals surface area contributed by atoms with Crippen LogP contribution in [0.25, 0.3) is 0 Å². The molecule has 0 aromatic carbocycles. The molecule has 17 fully saturated rings. The molecule has 9 aliphatic heterocycles. The fraction of sp³-hybridized carbons (Fsp3) is 0.926. The quantitative estimate of drug-likeness (QED) is 0.0157. The van der Waals surface area contributed by atoms with Gasteiger partial charge in [0, 0.05) is 0 Å². The molecular weight excluding hydrogens is 1940 g/mol. The van der Waals surface area contributed by atoms with Crippen molar-refractivity contribution in [3.63, 3.8) is 0 Å². The Hall–Kier alpha value is -3.75. The zero-order chi connectivity index (χ0) is 105. The first-order valence-electron chi connectivity index (χ1n) is 50.1. The van der Waals surface area contributed by atoms with Gasteiger partial charge in [-0.25, -0.2) is 0 Å². The van der Waals surface area contributed by atoms with Crippen LogP contribution in [0.4, 0.5) is 0 Å². The summed E-state index contributed by atoms with van der Waals surface area (Å²) in [5.41, 5.74) is -5.21. The highest BCUT2D eigenvalue weighted by molar-refractivity contribution is 5.78. The third kappa shape index (κ3) is 20.0. The Kier molecular flexibility index (Phi) is 34.6. The van der Waals surface area contributed by atoms with E-state index in [1.165, 1.54) is 0 Å². The predicted octanol–water partition coefficient (Wildman–Crippen LogP) is -12.2. The van der Waals surface area contributed by atoms with Gasteiger partial charge in [-0.3, -0.25) is 9.59 Å². The van der Waals surface area contributed by atoms with E-state index < -0.39 is 385 Å². The van der Waals surface area contributed by atoms with Crippen molar-refractivity contribution in [1.82, 2.24) is 0 Å². The fourth-order valence-corrected chi connectivity index (χ4v) is 28.4. The second kappa shape index (κ2) is 44.1. The monoisotopic (exact) mass is 2090 g/mol. The number of fused-ring (bicyclic) bond motifs is 6. The number of hydrogen-bond donors (Lipinski definition) is 30. The standard InChI is InChI=1S/C50H78O28.C44H70O23/c1-18-11-49-9-5-24-47(2,7-4-8-48(24,3)46(68)77-44-39(34(64)29(59)22(15-54)72-44)75-42-36(66)32(62)27(57)20(13-52)70-42)25(49)6-10-50(18,17-49)78-45-40(76-43-37(67)33(63)28(58)21(14-53)71-43)38(30(60)23(16-55)73-45)74-41-35(65)31(61)26(56)19(12-51)69-41;1-17-11-43-9-5-22-41(2,7-4-8-42(22,3)40(59)66-38-33(58)30(55)26(51)20(14-47)62-38)23(43)6-10-44(17,16-43)67-39-35(65-37-32(57)29(54)25(50)19(13-46)61-37)34(27(52)21(15-48)63-39)64-36-31(56)28(53)24(49)18(12-45)60-36/h15,19-45,51-53,55-67H,1,4-14,16-17H2,2-3H3;18-39,45-58H,1,4-16H2,2-3H3. The molecule has 57 unspecified atom stereocenters. The van der Waals surface area contributed by atoms with Crippen LogP contribution in [-0.2, 0) is 99.6 Å². The Bertz CT molecular complexity index is 4390. The predicted molar refractivity (Wildman–Crippen MR) is 470 cm³/mol. The van der Waals surface area contributed by atoms with Gasteiger partial charge in [-0.1, -0.05) is 39.8 Å². The summed E-state index contributed by atoms with van der Waals surface area (Å²) < 4.78 is 108. The van der Waals surface area contributed by atoms with Crippen LogP contribution < -0.4 is 0 Å². The molecule has 17 rings (SSSR count). The highest BCUT2D eigenvalue weighted by Gasteiger charge is 2.74.